The summed E-state index contributed by atoms with van der Waals surface area (Å²) in [5.41, 5.74) is 0.733. The number of carbonyl (C=O) groups is 1. The van der Waals surface area contributed by atoms with Gasteiger partial charge < -0.3 is 10.1 Å². The van der Waals surface area contributed by atoms with Gasteiger partial charge in [-0.25, -0.2) is 0 Å². The molecule has 0 bridgehead atoms. The largest absolute Gasteiger partial charge is 0.495 e. The van der Waals surface area contributed by atoms with E-state index in [1.807, 2.05) is 24.3 Å². The van der Waals surface area contributed by atoms with Gasteiger partial charge in [0.15, 0.2) is 0 Å². The highest BCUT2D eigenvalue weighted by atomic mass is 32.2. The Morgan fingerprint density at radius 2 is 2.19 bits per heavy atom. The van der Waals surface area contributed by atoms with Crippen molar-refractivity contribution in [2.75, 3.05) is 23.9 Å². The van der Waals surface area contributed by atoms with Crippen molar-refractivity contribution in [1.29, 1.82) is 0 Å². The Balaban J connectivity index is 2.49. The van der Waals surface area contributed by atoms with Crippen LogP contribution in [0, 0.1) is 0 Å². The van der Waals surface area contributed by atoms with Gasteiger partial charge in [-0.15, -0.1) is 0 Å². The van der Waals surface area contributed by atoms with Crippen LogP contribution in [-0.4, -0.2) is 24.5 Å². The fourth-order valence-corrected chi connectivity index (χ4v) is 1.89. The van der Waals surface area contributed by atoms with Crippen LogP contribution in [0.4, 0.5) is 5.69 Å². The minimum absolute atomic E-state index is 0.0328. The number of benzene rings is 1. The first-order valence-electron chi connectivity index (χ1n) is 5.28. The molecule has 88 valence electrons. The fraction of sp³-hybridized carbons (Fsp3) is 0.417. The van der Waals surface area contributed by atoms with E-state index in [4.69, 9.17) is 4.74 Å². The third-order valence-corrected chi connectivity index (χ3v) is 2.96. The smallest absolute Gasteiger partial charge is 0.225 e. The molecule has 16 heavy (non-hydrogen) atoms. The molecule has 0 aliphatic carbocycles. The molecular weight excluding hydrogens is 222 g/mol. The molecule has 3 nitrogen and oxygen atoms in total. The summed E-state index contributed by atoms with van der Waals surface area (Å²) in [6.45, 7) is 2.09. The van der Waals surface area contributed by atoms with E-state index < -0.39 is 0 Å². The van der Waals surface area contributed by atoms with Crippen molar-refractivity contribution in [2.45, 2.75) is 13.3 Å². The SMILES string of the molecule is CCSCCC(=O)Nc1ccccc1OC. The maximum absolute atomic E-state index is 11.6. The Hall–Kier alpha value is -1.16. The lowest BCUT2D eigenvalue weighted by Crippen LogP contribution is -2.12. The molecule has 0 spiro atoms. The average Bonchev–Trinajstić information content (AvgIpc) is 2.30. The Kier molecular flexibility index (Phi) is 5.78. The summed E-state index contributed by atoms with van der Waals surface area (Å²) in [4.78, 5) is 11.6. The minimum atomic E-state index is 0.0328. The molecule has 1 N–H and O–H groups in total. The number of methoxy groups -OCH3 is 1. The van der Waals surface area contributed by atoms with Crippen LogP contribution in [0.25, 0.3) is 0 Å². The number of anilines is 1. The van der Waals surface area contributed by atoms with E-state index in [1.165, 1.54) is 0 Å². The van der Waals surface area contributed by atoms with Gasteiger partial charge in [-0.05, 0) is 17.9 Å². The van der Waals surface area contributed by atoms with Gasteiger partial charge in [0.25, 0.3) is 0 Å². The van der Waals surface area contributed by atoms with Gasteiger partial charge in [0.05, 0.1) is 12.8 Å². The zero-order valence-corrected chi connectivity index (χ0v) is 10.5. The molecule has 4 heteroatoms. The molecule has 0 radical (unpaired) electrons. The Morgan fingerprint density at radius 3 is 2.88 bits per heavy atom. The van der Waals surface area contributed by atoms with Crippen molar-refractivity contribution in [3.05, 3.63) is 24.3 Å². The molecule has 0 saturated heterocycles. The fourth-order valence-electron chi connectivity index (χ4n) is 1.27. The topological polar surface area (TPSA) is 38.3 Å². The maximum atomic E-state index is 11.6. The Labute approximate surface area is 101 Å². The predicted octanol–water partition coefficient (Wildman–Crippen LogP) is 2.78. The third kappa shape index (κ3) is 4.14. The summed E-state index contributed by atoms with van der Waals surface area (Å²) in [7, 11) is 1.60. The lowest BCUT2D eigenvalue weighted by molar-refractivity contribution is -0.115. The van der Waals surface area contributed by atoms with E-state index in [2.05, 4.69) is 12.2 Å². The van der Waals surface area contributed by atoms with Gasteiger partial charge in [-0.3, -0.25) is 4.79 Å². The van der Waals surface area contributed by atoms with Gasteiger partial charge in [0.1, 0.15) is 5.75 Å². The second-order valence-corrected chi connectivity index (χ2v) is 4.59. The van der Waals surface area contributed by atoms with Crippen molar-refractivity contribution in [3.8, 4) is 5.75 Å². The number of carbonyl (C=O) groups excluding carboxylic acids is 1. The number of para-hydroxylation sites is 2. The molecule has 0 atom stereocenters. The summed E-state index contributed by atoms with van der Waals surface area (Å²) in [6, 6.07) is 7.42. The molecule has 0 aliphatic heterocycles. The second kappa shape index (κ2) is 7.17. The van der Waals surface area contributed by atoms with Gasteiger partial charge >= 0.3 is 0 Å². The van der Waals surface area contributed by atoms with Crippen molar-refractivity contribution < 1.29 is 9.53 Å². The second-order valence-electron chi connectivity index (χ2n) is 3.20. The summed E-state index contributed by atoms with van der Waals surface area (Å²) in [5, 5.41) is 2.84. The monoisotopic (exact) mass is 239 g/mol. The zero-order chi connectivity index (χ0) is 11.8. The number of nitrogens with one attached hydrogen (secondary N) is 1. The number of amides is 1. The highest BCUT2D eigenvalue weighted by Crippen LogP contribution is 2.23. The van der Waals surface area contributed by atoms with Crippen LogP contribution in [0.3, 0.4) is 0 Å². The van der Waals surface area contributed by atoms with Crippen molar-refractivity contribution >= 4 is 23.4 Å². The molecule has 1 aromatic rings. The van der Waals surface area contributed by atoms with E-state index in [1.54, 1.807) is 18.9 Å². The van der Waals surface area contributed by atoms with E-state index in [0.29, 0.717) is 12.2 Å². The normalized spacial score (nSPS) is 9.88. The predicted molar refractivity (Wildman–Crippen MR) is 69.2 cm³/mol. The standard InChI is InChI=1S/C12H17NO2S/c1-3-16-9-8-12(14)13-10-6-4-5-7-11(10)15-2/h4-7H,3,8-9H2,1-2H3,(H,13,14). The van der Waals surface area contributed by atoms with Crippen molar-refractivity contribution in [3.63, 3.8) is 0 Å². The van der Waals surface area contributed by atoms with Crippen LogP contribution in [0.2, 0.25) is 0 Å². The first kappa shape index (κ1) is 12.9. The van der Waals surface area contributed by atoms with Gasteiger partial charge in [-0.1, -0.05) is 19.1 Å². The molecule has 0 saturated carbocycles. The molecule has 0 aliphatic rings. The highest BCUT2D eigenvalue weighted by molar-refractivity contribution is 7.99. The van der Waals surface area contributed by atoms with Crippen LogP contribution in [0.5, 0.6) is 5.75 Å². The molecule has 0 heterocycles. The first-order valence-corrected chi connectivity index (χ1v) is 6.44. The van der Waals surface area contributed by atoms with Crippen LogP contribution in [0.15, 0.2) is 24.3 Å². The quantitative estimate of drug-likeness (QED) is 0.776. The van der Waals surface area contributed by atoms with Gasteiger partial charge in [-0.2, -0.15) is 11.8 Å². The molecule has 1 aromatic carbocycles. The summed E-state index contributed by atoms with van der Waals surface area (Å²) >= 11 is 1.76. The average molecular weight is 239 g/mol. The van der Waals surface area contributed by atoms with E-state index in [-0.39, 0.29) is 5.91 Å². The molecule has 0 aromatic heterocycles. The molecule has 1 rings (SSSR count). The number of hydrogen-bond donors (Lipinski definition) is 1. The van der Waals surface area contributed by atoms with E-state index in [9.17, 15) is 4.79 Å². The van der Waals surface area contributed by atoms with Gasteiger partial charge in [0, 0.05) is 12.2 Å². The lowest BCUT2D eigenvalue weighted by atomic mass is 10.3. The Bertz CT molecular complexity index is 342. The maximum Gasteiger partial charge on any atom is 0.225 e. The van der Waals surface area contributed by atoms with Crippen LogP contribution in [-0.2, 0) is 4.79 Å². The molecular formula is C12H17NO2S. The highest BCUT2D eigenvalue weighted by Gasteiger charge is 2.05. The van der Waals surface area contributed by atoms with Crippen LogP contribution < -0.4 is 10.1 Å². The van der Waals surface area contributed by atoms with Crippen LogP contribution in [0.1, 0.15) is 13.3 Å². The molecule has 0 fully saturated rings. The summed E-state index contributed by atoms with van der Waals surface area (Å²) in [6.07, 6.45) is 0.538. The van der Waals surface area contributed by atoms with Crippen LogP contribution >= 0.6 is 11.8 Å². The number of ether oxygens (including phenoxy) is 1. The first-order chi connectivity index (χ1) is 7.77. The lowest BCUT2D eigenvalue weighted by Gasteiger charge is -2.09. The number of hydrogen-bond acceptors (Lipinski definition) is 3. The number of thioether (sulfide) groups is 1. The van der Waals surface area contributed by atoms with E-state index >= 15 is 0 Å². The molecule has 1 amide bonds. The number of rotatable bonds is 6. The van der Waals surface area contributed by atoms with E-state index in [0.717, 1.165) is 17.2 Å². The Morgan fingerprint density at radius 1 is 1.44 bits per heavy atom. The van der Waals surface area contributed by atoms with Crippen molar-refractivity contribution in [1.82, 2.24) is 0 Å². The van der Waals surface area contributed by atoms with Gasteiger partial charge in [0.2, 0.25) is 5.91 Å². The third-order valence-electron chi connectivity index (χ3n) is 2.06. The summed E-state index contributed by atoms with van der Waals surface area (Å²) < 4.78 is 5.15. The molecule has 0 unspecified atom stereocenters. The van der Waals surface area contributed by atoms with Crippen molar-refractivity contribution in [2.24, 2.45) is 0 Å². The minimum Gasteiger partial charge on any atom is -0.495 e. The zero-order valence-electron chi connectivity index (χ0n) is 9.66. The summed E-state index contributed by atoms with van der Waals surface area (Å²) in [5.74, 6) is 2.63.